The van der Waals surface area contributed by atoms with Gasteiger partial charge in [-0.25, -0.2) is 0 Å². The Bertz CT molecular complexity index is 287. The summed E-state index contributed by atoms with van der Waals surface area (Å²) in [6, 6.07) is 0. The standard InChI is InChI=1S/C4H6O4.C4H4O2S2/c5-3(6)1-2-4(7)8;5-4(6)3-1-2-7-8-3/h1-2H2,(H,5,6)(H,7,8);1-3H,(H,5,6). The summed E-state index contributed by atoms with van der Waals surface area (Å²) >= 11 is 0. The maximum absolute atomic E-state index is 10.1. The first-order chi connectivity index (χ1) is 7.43. The van der Waals surface area contributed by atoms with Gasteiger partial charge in [0.2, 0.25) is 0 Å². The van der Waals surface area contributed by atoms with E-state index in [1.165, 1.54) is 21.6 Å². The number of hydrogen-bond acceptors (Lipinski definition) is 5. The highest BCUT2D eigenvalue weighted by Gasteiger charge is 2.17. The third-order valence-corrected chi connectivity index (χ3v) is 3.50. The van der Waals surface area contributed by atoms with Crippen molar-refractivity contribution in [3.05, 3.63) is 11.5 Å². The molecule has 0 saturated heterocycles. The van der Waals surface area contributed by atoms with E-state index in [4.69, 9.17) is 15.3 Å². The second kappa shape index (κ2) is 8.05. The van der Waals surface area contributed by atoms with Crippen LogP contribution in [0.15, 0.2) is 11.5 Å². The first-order valence-electron chi connectivity index (χ1n) is 4.08. The van der Waals surface area contributed by atoms with E-state index in [1.807, 2.05) is 0 Å². The van der Waals surface area contributed by atoms with Crippen LogP contribution in [0.4, 0.5) is 0 Å². The van der Waals surface area contributed by atoms with Crippen LogP contribution in [0.2, 0.25) is 0 Å². The molecule has 0 amide bonds. The maximum atomic E-state index is 10.1. The minimum absolute atomic E-state index is 0.296. The number of rotatable bonds is 4. The fraction of sp³-hybridized carbons (Fsp3) is 0.375. The number of carbonyl (C=O) groups is 3. The monoisotopic (exact) mass is 266 g/mol. The molecule has 90 valence electrons. The molecule has 0 radical (unpaired) electrons. The smallest absolute Gasteiger partial charge is 0.321 e. The van der Waals surface area contributed by atoms with Crippen molar-refractivity contribution >= 4 is 39.5 Å². The molecule has 0 bridgehead atoms. The summed E-state index contributed by atoms with van der Waals surface area (Å²) in [6.45, 7) is 0. The molecule has 8 heteroatoms. The lowest BCUT2D eigenvalue weighted by molar-refractivity contribution is -0.143. The third-order valence-electron chi connectivity index (χ3n) is 1.26. The second-order valence-electron chi connectivity index (χ2n) is 2.57. The van der Waals surface area contributed by atoms with Crippen LogP contribution in [0, 0.1) is 0 Å². The average molecular weight is 266 g/mol. The largest absolute Gasteiger partial charge is 0.481 e. The zero-order valence-corrected chi connectivity index (χ0v) is 9.66. The molecule has 1 aliphatic heterocycles. The van der Waals surface area contributed by atoms with Crippen LogP contribution in [0.1, 0.15) is 12.8 Å². The van der Waals surface area contributed by atoms with Gasteiger partial charge in [-0.05, 0) is 5.41 Å². The fourth-order valence-electron chi connectivity index (χ4n) is 0.565. The van der Waals surface area contributed by atoms with E-state index in [0.717, 1.165) is 0 Å². The van der Waals surface area contributed by atoms with Gasteiger partial charge in [-0.3, -0.25) is 14.4 Å². The molecule has 1 heterocycles. The average Bonchev–Trinajstić information content (AvgIpc) is 2.68. The van der Waals surface area contributed by atoms with E-state index in [9.17, 15) is 14.4 Å². The maximum Gasteiger partial charge on any atom is 0.321 e. The van der Waals surface area contributed by atoms with Gasteiger partial charge in [0.05, 0.1) is 12.8 Å². The zero-order valence-electron chi connectivity index (χ0n) is 8.03. The summed E-state index contributed by atoms with van der Waals surface area (Å²) in [5, 5.41) is 25.6. The van der Waals surface area contributed by atoms with Gasteiger partial charge >= 0.3 is 17.9 Å². The summed E-state index contributed by atoms with van der Waals surface area (Å²) in [4.78, 5) is 29.4. The van der Waals surface area contributed by atoms with Gasteiger partial charge in [-0.1, -0.05) is 27.7 Å². The van der Waals surface area contributed by atoms with Crippen LogP contribution in [0.5, 0.6) is 0 Å². The van der Waals surface area contributed by atoms with E-state index in [2.05, 4.69) is 0 Å². The molecule has 1 unspecified atom stereocenters. The first-order valence-corrected chi connectivity index (χ1v) is 6.36. The van der Waals surface area contributed by atoms with Crippen LogP contribution >= 0.6 is 21.6 Å². The quantitative estimate of drug-likeness (QED) is 0.652. The molecule has 16 heavy (non-hydrogen) atoms. The molecule has 1 rings (SSSR count). The first kappa shape index (κ1) is 14.8. The van der Waals surface area contributed by atoms with E-state index in [-0.39, 0.29) is 18.1 Å². The molecule has 3 N–H and O–H groups in total. The topological polar surface area (TPSA) is 112 Å². The minimum atomic E-state index is -1.08. The summed E-state index contributed by atoms with van der Waals surface area (Å²) in [5.74, 6) is -2.91. The van der Waals surface area contributed by atoms with Crippen LogP contribution in [0.3, 0.4) is 0 Å². The highest BCUT2D eigenvalue weighted by molar-refractivity contribution is 8.78. The van der Waals surface area contributed by atoms with Crippen molar-refractivity contribution in [1.29, 1.82) is 0 Å². The Hall–Kier alpha value is -1.15. The van der Waals surface area contributed by atoms with Gasteiger partial charge in [-0.15, -0.1) is 0 Å². The number of hydrogen-bond donors (Lipinski definition) is 3. The highest BCUT2D eigenvalue weighted by atomic mass is 33.1. The molecule has 0 aromatic rings. The summed E-state index contributed by atoms with van der Waals surface area (Å²) in [5.41, 5.74) is 0. The lowest BCUT2D eigenvalue weighted by Gasteiger charge is -1.94. The van der Waals surface area contributed by atoms with Gasteiger partial charge in [0.15, 0.2) is 0 Å². The number of carboxylic acids is 3. The van der Waals surface area contributed by atoms with Crippen molar-refractivity contribution < 1.29 is 29.7 Å². The number of aliphatic carboxylic acids is 3. The Morgan fingerprint density at radius 3 is 1.75 bits per heavy atom. The van der Waals surface area contributed by atoms with Crippen LogP contribution in [-0.2, 0) is 14.4 Å². The normalized spacial score (nSPS) is 17.4. The van der Waals surface area contributed by atoms with Crippen molar-refractivity contribution in [2.75, 3.05) is 0 Å². The SMILES string of the molecule is O=C(O)C1C=CSS1.O=C(O)CCC(=O)O. The van der Waals surface area contributed by atoms with Gasteiger partial charge in [0.1, 0.15) is 5.25 Å². The zero-order chi connectivity index (χ0) is 12.6. The molecule has 1 atom stereocenters. The molecule has 0 aliphatic carbocycles. The minimum Gasteiger partial charge on any atom is -0.481 e. The van der Waals surface area contributed by atoms with Gasteiger partial charge in [-0.2, -0.15) is 0 Å². The molecule has 0 fully saturated rings. The molecular weight excluding hydrogens is 256 g/mol. The molecule has 0 saturated carbocycles. The van der Waals surface area contributed by atoms with Crippen molar-refractivity contribution in [2.45, 2.75) is 18.1 Å². The number of carboxylic acid groups (broad SMARTS) is 3. The predicted octanol–water partition coefficient (Wildman–Crippen LogP) is 1.28. The van der Waals surface area contributed by atoms with Gasteiger partial charge in [0, 0.05) is 0 Å². The molecule has 0 spiro atoms. The predicted molar refractivity (Wildman–Crippen MR) is 60.3 cm³/mol. The summed E-state index contributed by atoms with van der Waals surface area (Å²) < 4.78 is 0. The Labute approximate surface area is 99.1 Å². The van der Waals surface area contributed by atoms with Gasteiger partial charge in [0.25, 0.3) is 0 Å². The van der Waals surface area contributed by atoms with E-state index in [1.54, 1.807) is 11.5 Å². The summed E-state index contributed by atoms with van der Waals surface area (Å²) in [7, 11) is 2.82. The molecule has 0 aromatic carbocycles. The Kier molecular flexibility index (Phi) is 7.48. The van der Waals surface area contributed by atoms with E-state index in [0.29, 0.717) is 0 Å². The van der Waals surface area contributed by atoms with Crippen molar-refractivity contribution in [2.24, 2.45) is 0 Å². The van der Waals surface area contributed by atoms with Crippen LogP contribution in [0.25, 0.3) is 0 Å². The Morgan fingerprint density at radius 2 is 1.56 bits per heavy atom. The van der Waals surface area contributed by atoms with Crippen LogP contribution < -0.4 is 0 Å². The van der Waals surface area contributed by atoms with Crippen molar-refractivity contribution in [3.8, 4) is 0 Å². The third kappa shape index (κ3) is 8.18. The lowest BCUT2D eigenvalue weighted by Crippen LogP contribution is -2.09. The van der Waals surface area contributed by atoms with E-state index >= 15 is 0 Å². The van der Waals surface area contributed by atoms with Crippen LogP contribution in [-0.4, -0.2) is 38.5 Å². The van der Waals surface area contributed by atoms with Gasteiger partial charge < -0.3 is 15.3 Å². The molecule has 6 nitrogen and oxygen atoms in total. The molecule has 0 aromatic heterocycles. The van der Waals surface area contributed by atoms with Crippen molar-refractivity contribution in [1.82, 2.24) is 0 Å². The second-order valence-corrected chi connectivity index (χ2v) is 4.89. The molecular formula is C8H10O6S2. The Balaban J connectivity index is 0.000000281. The lowest BCUT2D eigenvalue weighted by atomic mass is 10.3. The molecule has 1 aliphatic rings. The Morgan fingerprint density at radius 1 is 1.06 bits per heavy atom. The van der Waals surface area contributed by atoms with E-state index < -0.39 is 17.9 Å². The summed E-state index contributed by atoms with van der Waals surface area (Å²) in [6.07, 6.45) is 1.09. The fourth-order valence-corrected chi connectivity index (χ4v) is 2.48. The highest BCUT2D eigenvalue weighted by Crippen LogP contribution is 2.35. The van der Waals surface area contributed by atoms with Crippen molar-refractivity contribution in [3.63, 3.8) is 0 Å².